The molecule has 0 saturated heterocycles. The summed E-state index contributed by atoms with van der Waals surface area (Å²) in [5.41, 5.74) is -6.94. The van der Waals surface area contributed by atoms with Gasteiger partial charge < -0.3 is 4.74 Å². The Morgan fingerprint density at radius 1 is 1.07 bits per heavy atom. The Labute approximate surface area is 179 Å². The summed E-state index contributed by atoms with van der Waals surface area (Å²) in [5.74, 6) is -2.69. The minimum Gasteiger partial charge on any atom is -0.424 e. The molecule has 0 spiro atoms. The molecule has 0 amide bonds. The molecule has 0 N–H and O–H groups in total. The molecule has 0 bridgehead atoms. The molecule has 2 nitrogen and oxygen atoms in total. The van der Waals surface area contributed by atoms with E-state index in [1.807, 2.05) is 6.92 Å². The van der Waals surface area contributed by atoms with E-state index >= 15 is 8.78 Å². The summed E-state index contributed by atoms with van der Waals surface area (Å²) in [5, 5.41) is 0. The number of ether oxygens (including phenoxy) is 1. The zero-order valence-corrected chi connectivity index (χ0v) is 17.6. The van der Waals surface area contributed by atoms with Crippen LogP contribution in [0, 0.1) is 18.3 Å². The lowest BCUT2D eigenvalue weighted by Gasteiger charge is -2.48. The SMILES string of the molecule is CCC[C@H]1CC[C@H](C2(F)C(F)[CH]C(F)(C(=O)Oc3ccc(S)cc3)C(F)C2F)CC1. The fraction of sp³-hybridized carbons (Fsp3) is 0.636. The largest absolute Gasteiger partial charge is 0.424 e. The molecule has 2 aliphatic rings. The van der Waals surface area contributed by atoms with Gasteiger partial charge in [-0.15, -0.1) is 12.6 Å². The number of thiol groups is 1. The Kier molecular flexibility index (Phi) is 7.04. The first-order chi connectivity index (χ1) is 14.1. The van der Waals surface area contributed by atoms with Gasteiger partial charge in [-0.2, -0.15) is 0 Å². The number of rotatable bonds is 5. The van der Waals surface area contributed by atoms with Gasteiger partial charge in [-0.25, -0.2) is 26.7 Å². The molecule has 2 aliphatic carbocycles. The van der Waals surface area contributed by atoms with Crippen LogP contribution in [0.15, 0.2) is 29.2 Å². The van der Waals surface area contributed by atoms with Crippen molar-refractivity contribution in [2.24, 2.45) is 11.8 Å². The predicted octanol–water partition coefficient (Wildman–Crippen LogP) is 6.14. The first-order valence-corrected chi connectivity index (χ1v) is 10.7. The standard InChI is InChI=1S/C22H26F5O2S/c1-2-3-13-4-6-14(7-5-13)22(27)17(23)12-21(26,18(24)19(22)25)20(28)29-15-8-10-16(30)11-9-15/h8-14,17-19,30H,2-7H2,1H3/t13-,14-,17?,18?,19?,21?,22?. The average molecular weight is 450 g/mol. The van der Waals surface area contributed by atoms with Crippen molar-refractivity contribution in [2.45, 2.75) is 80.2 Å². The summed E-state index contributed by atoms with van der Waals surface area (Å²) in [6.45, 7) is 2.02. The van der Waals surface area contributed by atoms with Gasteiger partial charge in [0.25, 0.3) is 0 Å². The maximum absolute atomic E-state index is 15.5. The normalized spacial score (nSPS) is 39.5. The maximum atomic E-state index is 15.5. The van der Waals surface area contributed by atoms with Crippen LogP contribution in [-0.4, -0.2) is 35.8 Å². The fourth-order valence-electron chi connectivity index (χ4n) is 4.65. The number of hydrogen-bond acceptors (Lipinski definition) is 3. The molecule has 0 heterocycles. The summed E-state index contributed by atoms with van der Waals surface area (Å²) in [6.07, 6.45) is -5.64. The summed E-state index contributed by atoms with van der Waals surface area (Å²) in [4.78, 5) is 12.8. The Morgan fingerprint density at radius 3 is 2.23 bits per heavy atom. The van der Waals surface area contributed by atoms with Crippen molar-refractivity contribution in [3.05, 3.63) is 30.7 Å². The van der Waals surface area contributed by atoms with Crippen molar-refractivity contribution in [2.75, 3.05) is 0 Å². The topological polar surface area (TPSA) is 26.3 Å². The van der Waals surface area contributed by atoms with E-state index in [9.17, 15) is 18.0 Å². The lowest BCUT2D eigenvalue weighted by Crippen LogP contribution is -2.68. The third-order valence-electron chi connectivity index (χ3n) is 6.42. The molecule has 5 atom stereocenters. The van der Waals surface area contributed by atoms with Crippen LogP contribution in [-0.2, 0) is 4.79 Å². The van der Waals surface area contributed by atoms with E-state index in [1.54, 1.807) is 0 Å². The van der Waals surface area contributed by atoms with Crippen LogP contribution >= 0.6 is 12.6 Å². The summed E-state index contributed by atoms with van der Waals surface area (Å²) >= 11 is 4.04. The molecule has 3 rings (SSSR count). The zero-order chi connectivity index (χ0) is 22.1. The smallest absolute Gasteiger partial charge is 0.352 e. The van der Waals surface area contributed by atoms with E-state index in [1.165, 1.54) is 24.3 Å². The van der Waals surface area contributed by atoms with Gasteiger partial charge >= 0.3 is 5.97 Å². The number of benzene rings is 1. The van der Waals surface area contributed by atoms with Crippen molar-refractivity contribution in [1.29, 1.82) is 0 Å². The first kappa shape index (κ1) is 23.4. The Morgan fingerprint density at radius 2 is 1.67 bits per heavy atom. The first-order valence-electron chi connectivity index (χ1n) is 10.3. The third kappa shape index (κ3) is 4.21. The van der Waals surface area contributed by atoms with Crippen molar-refractivity contribution < 1.29 is 31.5 Å². The molecule has 1 aromatic carbocycles. The molecule has 8 heteroatoms. The lowest BCUT2D eigenvalue weighted by atomic mass is 9.64. The van der Waals surface area contributed by atoms with E-state index in [0.717, 1.165) is 12.8 Å². The number of halogens is 5. The highest BCUT2D eigenvalue weighted by Crippen LogP contribution is 2.52. The number of alkyl halides is 5. The van der Waals surface area contributed by atoms with Crippen molar-refractivity contribution in [1.82, 2.24) is 0 Å². The lowest BCUT2D eigenvalue weighted by molar-refractivity contribution is -0.177. The highest BCUT2D eigenvalue weighted by atomic mass is 32.1. The molecular formula is C22H26F5O2S. The molecule has 2 fully saturated rings. The van der Waals surface area contributed by atoms with Gasteiger partial charge in [0, 0.05) is 4.90 Å². The quantitative estimate of drug-likeness (QED) is 0.253. The molecule has 5 unspecified atom stereocenters. The molecular weight excluding hydrogens is 423 g/mol. The molecule has 2 saturated carbocycles. The Balaban J connectivity index is 1.74. The Bertz CT molecular complexity index is 740. The summed E-state index contributed by atoms with van der Waals surface area (Å²) < 4.78 is 79.9. The van der Waals surface area contributed by atoms with Gasteiger partial charge in [-0.3, -0.25) is 0 Å². The van der Waals surface area contributed by atoms with Gasteiger partial charge in [0.1, 0.15) is 11.9 Å². The van der Waals surface area contributed by atoms with Gasteiger partial charge in [-0.1, -0.05) is 32.6 Å². The molecule has 30 heavy (non-hydrogen) atoms. The van der Waals surface area contributed by atoms with Crippen LogP contribution in [0.25, 0.3) is 0 Å². The van der Waals surface area contributed by atoms with Crippen molar-refractivity contribution in [3.8, 4) is 5.75 Å². The van der Waals surface area contributed by atoms with Crippen LogP contribution < -0.4 is 4.74 Å². The van der Waals surface area contributed by atoms with Gasteiger partial charge in [0.2, 0.25) is 5.67 Å². The minimum atomic E-state index is -3.73. The van der Waals surface area contributed by atoms with Crippen LogP contribution in [0.4, 0.5) is 22.0 Å². The van der Waals surface area contributed by atoms with E-state index in [4.69, 9.17) is 4.74 Å². The highest BCUT2D eigenvalue weighted by molar-refractivity contribution is 7.80. The van der Waals surface area contributed by atoms with Crippen molar-refractivity contribution >= 4 is 18.6 Å². The number of esters is 1. The molecule has 0 aliphatic heterocycles. The van der Waals surface area contributed by atoms with Crippen LogP contribution in [0.2, 0.25) is 0 Å². The monoisotopic (exact) mass is 449 g/mol. The molecule has 1 aromatic rings. The van der Waals surface area contributed by atoms with E-state index in [0.29, 0.717) is 23.7 Å². The van der Waals surface area contributed by atoms with E-state index < -0.39 is 41.7 Å². The van der Waals surface area contributed by atoms with E-state index in [2.05, 4.69) is 12.6 Å². The van der Waals surface area contributed by atoms with E-state index in [-0.39, 0.29) is 25.0 Å². The number of carbonyl (C=O) groups is 1. The van der Waals surface area contributed by atoms with Gasteiger partial charge in [-0.05, 0) is 48.9 Å². The number of hydrogen-bond donors (Lipinski definition) is 1. The highest BCUT2D eigenvalue weighted by Gasteiger charge is 2.70. The van der Waals surface area contributed by atoms with Gasteiger partial charge in [0.15, 0.2) is 18.0 Å². The number of carbonyl (C=O) groups excluding carboxylic acids is 1. The maximum Gasteiger partial charge on any atom is 0.352 e. The van der Waals surface area contributed by atoms with Gasteiger partial charge in [0.05, 0.1) is 6.42 Å². The predicted molar refractivity (Wildman–Crippen MR) is 106 cm³/mol. The second-order valence-corrected chi connectivity index (χ2v) is 8.87. The molecule has 167 valence electrons. The van der Waals surface area contributed by atoms with Crippen LogP contribution in [0.5, 0.6) is 5.75 Å². The summed E-state index contributed by atoms with van der Waals surface area (Å²) in [7, 11) is 0. The van der Waals surface area contributed by atoms with Crippen molar-refractivity contribution in [3.63, 3.8) is 0 Å². The second-order valence-electron chi connectivity index (χ2n) is 8.36. The fourth-order valence-corrected chi connectivity index (χ4v) is 4.80. The molecule has 0 aromatic heterocycles. The summed E-state index contributed by atoms with van der Waals surface area (Å²) in [6, 6.07) is 5.42. The minimum absolute atomic E-state index is 0.00118. The Hall–Kier alpha value is -1.31. The second kappa shape index (κ2) is 9.05. The van der Waals surface area contributed by atoms with Crippen LogP contribution in [0.1, 0.15) is 45.4 Å². The third-order valence-corrected chi connectivity index (χ3v) is 6.72. The van der Waals surface area contributed by atoms with Crippen LogP contribution in [0.3, 0.4) is 0 Å². The zero-order valence-electron chi connectivity index (χ0n) is 16.7. The average Bonchev–Trinajstić information content (AvgIpc) is 2.73. The molecule has 1 radical (unpaired) electrons.